The second kappa shape index (κ2) is 9.93. The van der Waals surface area contributed by atoms with Gasteiger partial charge in [-0.25, -0.2) is 0 Å². The molecule has 1 aliphatic rings. The summed E-state index contributed by atoms with van der Waals surface area (Å²) in [6.45, 7) is 4.95. The molecule has 1 aromatic rings. The molecule has 0 aliphatic carbocycles. The first-order chi connectivity index (χ1) is 10.2. The Labute approximate surface area is 143 Å². The molecule has 1 fully saturated rings. The van der Waals surface area contributed by atoms with E-state index in [9.17, 15) is 4.79 Å². The van der Waals surface area contributed by atoms with Gasteiger partial charge in [0.1, 0.15) is 5.75 Å². The molecule has 22 heavy (non-hydrogen) atoms. The fourth-order valence-corrected chi connectivity index (χ4v) is 2.75. The second-order valence-electron chi connectivity index (χ2n) is 5.31. The lowest BCUT2D eigenvalue weighted by Crippen LogP contribution is -2.48. The van der Waals surface area contributed by atoms with Crippen LogP contribution >= 0.6 is 24.0 Å². The van der Waals surface area contributed by atoms with Crippen LogP contribution in [0.4, 0.5) is 0 Å². The van der Waals surface area contributed by atoms with Crippen molar-refractivity contribution in [2.24, 2.45) is 0 Å². The number of rotatable bonds is 6. The number of piperidine rings is 1. The van der Waals surface area contributed by atoms with E-state index in [0.717, 1.165) is 38.9 Å². The van der Waals surface area contributed by atoms with Crippen molar-refractivity contribution in [3.63, 3.8) is 0 Å². The van der Waals surface area contributed by atoms with Gasteiger partial charge in [0.05, 0.1) is 0 Å². The van der Waals surface area contributed by atoms with Crippen molar-refractivity contribution >= 4 is 29.9 Å². The van der Waals surface area contributed by atoms with E-state index in [1.165, 1.54) is 0 Å². The molecule has 2 rings (SSSR count). The van der Waals surface area contributed by atoms with E-state index >= 15 is 0 Å². The Kier molecular flexibility index (Phi) is 8.61. The number of ether oxygens (including phenoxy) is 1. The van der Waals surface area contributed by atoms with Crippen molar-refractivity contribution in [3.05, 3.63) is 29.3 Å². The monoisotopic (exact) mass is 346 g/mol. The highest BCUT2D eigenvalue weighted by Crippen LogP contribution is 2.17. The quantitative estimate of drug-likeness (QED) is 0.860. The zero-order valence-electron chi connectivity index (χ0n) is 12.9. The predicted molar refractivity (Wildman–Crippen MR) is 92.1 cm³/mol. The van der Waals surface area contributed by atoms with Crippen LogP contribution in [0.5, 0.6) is 5.75 Å². The average Bonchev–Trinajstić information content (AvgIpc) is 2.52. The molecule has 0 saturated carbocycles. The van der Waals surface area contributed by atoms with E-state index in [2.05, 4.69) is 12.2 Å². The van der Waals surface area contributed by atoms with Gasteiger partial charge in [0.2, 0.25) is 0 Å². The molecule has 4 nitrogen and oxygen atoms in total. The van der Waals surface area contributed by atoms with Crippen LogP contribution in [0.3, 0.4) is 0 Å². The van der Waals surface area contributed by atoms with Gasteiger partial charge in [-0.1, -0.05) is 18.5 Å². The van der Waals surface area contributed by atoms with Crippen LogP contribution in [0.2, 0.25) is 5.02 Å². The Bertz CT molecular complexity index is 448. The van der Waals surface area contributed by atoms with Crippen molar-refractivity contribution in [3.8, 4) is 5.75 Å². The zero-order chi connectivity index (χ0) is 15.1. The van der Waals surface area contributed by atoms with Crippen molar-refractivity contribution in [2.45, 2.75) is 32.2 Å². The van der Waals surface area contributed by atoms with E-state index < -0.39 is 0 Å². The van der Waals surface area contributed by atoms with E-state index in [4.69, 9.17) is 16.3 Å². The summed E-state index contributed by atoms with van der Waals surface area (Å²) in [5.74, 6) is 0.744. The fourth-order valence-electron chi connectivity index (χ4n) is 2.63. The molecule has 124 valence electrons. The minimum absolute atomic E-state index is 0. The van der Waals surface area contributed by atoms with Gasteiger partial charge in [0.15, 0.2) is 6.61 Å². The summed E-state index contributed by atoms with van der Waals surface area (Å²) >= 11 is 5.83. The van der Waals surface area contributed by atoms with Gasteiger partial charge in [-0.3, -0.25) is 4.79 Å². The highest BCUT2D eigenvalue weighted by atomic mass is 35.5. The van der Waals surface area contributed by atoms with Gasteiger partial charge in [-0.2, -0.15) is 0 Å². The fraction of sp³-hybridized carbons (Fsp3) is 0.562. The van der Waals surface area contributed by atoms with Crippen molar-refractivity contribution in [1.29, 1.82) is 0 Å². The van der Waals surface area contributed by atoms with Gasteiger partial charge >= 0.3 is 0 Å². The summed E-state index contributed by atoms with van der Waals surface area (Å²) in [7, 11) is 0. The molecule has 0 spiro atoms. The number of hydrogen-bond donors (Lipinski definition) is 1. The number of amides is 1. The van der Waals surface area contributed by atoms with Gasteiger partial charge in [0, 0.05) is 17.6 Å². The molecular formula is C16H24Cl2N2O2. The molecule has 1 aliphatic heterocycles. The Morgan fingerprint density at radius 1 is 1.32 bits per heavy atom. The van der Waals surface area contributed by atoms with E-state index in [1.54, 1.807) is 24.3 Å². The van der Waals surface area contributed by atoms with Crippen molar-refractivity contribution in [2.75, 3.05) is 26.2 Å². The molecule has 1 aromatic carbocycles. The Hall–Kier alpha value is -0.970. The maximum Gasteiger partial charge on any atom is 0.260 e. The van der Waals surface area contributed by atoms with Crippen molar-refractivity contribution < 1.29 is 9.53 Å². The summed E-state index contributed by atoms with van der Waals surface area (Å²) in [5.41, 5.74) is 0. The Balaban J connectivity index is 0.00000242. The SMILES string of the molecule is CCCN(C(=O)COc1ccc(Cl)cc1)C1CCNCC1.Cl. The van der Waals surface area contributed by atoms with E-state index in [0.29, 0.717) is 16.8 Å². The van der Waals surface area contributed by atoms with Crippen LogP contribution in [0, 0.1) is 0 Å². The molecule has 6 heteroatoms. The van der Waals surface area contributed by atoms with Crippen LogP contribution < -0.4 is 10.1 Å². The lowest BCUT2D eigenvalue weighted by Gasteiger charge is -2.34. The molecule has 1 saturated heterocycles. The lowest BCUT2D eigenvalue weighted by molar-refractivity contribution is -0.136. The smallest absolute Gasteiger partial charge is 0.260 e. The molecule has 1 heterocycles. The third-order valence-electron chi connectivity index (χ3n) is 3.71. The number of benzene rings is 1. The Morgan fingerprint density at radius 3 is 2.55 bits per heavy atom. The van der Waals surface area contributed by atoms with Crippen LogP contribution in [0.25, 0.3) is 0 Å². The van der Waals surface area contributed by atoms with Crippen LogP contribution in [-0.4, -0.2) is 43.1 Å². The molecule has 1 amide bonds. The first-order valence-electron chi connectivity index (χ1n) is 7.59. The molecule has 0 unspecified atom stereocenters. The summed E-state index contributed by atoms with van der Waals surface area (Å²) in [6.07, 6.45) is 3.01. The standard InChI is InChI=1S/C16H23ClN2O2.ClH/c1-2-11-19(14-7-9-18-10-8-14)16(20)12-21-15-5-3-13(17)4-6-15;/h3-6,14,18H,2,7-12H2,1H3;1H. The number of nitrogens with one attached hydrogen (secondary N) is 1. The normalized spacial score (nSPS) is 15.0. The summed E-state index contributed by atoms with van der Waals surface area (Å²) in [4.78, 5) is 14.4. The zero-order valence-corrected chi connectivity index (χ0v) is 14.5. The maximum atomic E-state index is 12.4. The molecule has 1 N–H and O–H groups in total. The summed E-state index contributed by atoms with van der Waals surface area (Å²) in [6, 6.07) is 7.43. The number of carbonyl (C=O) groups is 1. The average molecular weight is 347 g/mol. The summed E-state index contributed by atoms with van der Waals surface area (Å²) < 4.78 is 5.58. The third kappa shape index (κ3) is 5.67. The first kappa shape index (κ1) is 19.1. The van der Waals surface area contributed by atoms with Gasteiger partial charge in [-0.15, -0.1) is 12.4 Å². The molecular weight excluding hydrogens is 323 g/mol. The van der Waals surface area contributed by atoms with Gasteiger partial charge < -0.3 is 15.0 Å². The van der Waals surface area contributed by atoms with Crippen LogP contribution in [-0.2, 0) is 4.79 Å². The van der Waals surface area contributed by atoms with E-state index in [-0.39, 0.29) is 24.9 Å². The maximum absolute atomic E-state index is 12.4. The topological polar surface area (TPSA) is 41.6 Å². The number of nitrogens with zero attached hydrogens (tertiary/aromatic N) is 1. The van der Waals surface area contributed by atoms with Gasteiger partial charge in [-0.05, 0) is 56.6 Å². The minimum atomic E-state index is 0. The predicted octanol–water partition coefficient (Wildman–Crippen LogP) is 3.13. The number of hydrogen-bond acceptors (Lipinski definition) is 3. The van der Waals surface area contributed by atoms with Gasteiger partial charge in [0.25, 0.3) is 5.91 Å². The second-order valence-corrected chi connectivity index (χ2v) is 5.75. The van der Waals surface area contributed by atoms with E-state index in [1.807, 2.05) is 4.90 Å². The lowest BCUT2D eigenvalue weighted by atomic mass is 10.0. The highest BCUT2D eigenvalue weighted by Gasteiger charge is 2.24. The Morgan fingerprint density at radius 2 is 1.95 bits per heavy atom. The first-order valence-corrected chi connectivity index (χ1v) is 7.97. The largest absolute Gasteiger partial charge is 0.484 e. The van der Waals surface area contributed by atoms with Crippen molar-refractivity contribution in [1.82, 2.24) is 10.2 Å². The van der Waals surface area contributed by atoms with Crippen LogP contribution in [0.1, 0.15) is 26.2 Å². The molecule has 0 bridgehead atoms. The molecule has 0 radical (unpaired) electrons. The third-order valence-corrected chi connectivity index (χ3v) is 3.96. The summed E-state index contributed by atoms with van der Waals surface area (Å²) in [5, 5.41) is 3.99. The van der Waals surface area contributed by atoms with Crippen LogP contribution in [0.15, 0.2) is 24.3 Å². The minimum Gasteiger partial charge on any atom is -0.484 e. The molecule has 0 aromatic heterocycles. The molecule has 0 atom stereocenters. The highest BCUT2D eigenvalue weighted by molar-refractivity contribution is 6.30. The number of halogens is 2. The number of carbonyl (C=O) groups excluding carboxylic acids is 1.